The topological polar surface area (TPSA) is 24.5 Å². The lowest BCUT2D eigenvalue weighted by Gasteiger charge is -2.32. The van der Waals surface area contributed by atoms with Gasteiger partial charge in [-0.3, -0.25) is 0 Å². The molecular formula is C17H28N2O. The van der Waals surface area contributed by atoms with Gasteiger partial charge in [-0.1, -0.05) is 18.6 Å². The number of hydrogen-bond acceptors (Lipinski definition) is 3. The highest BCUT2D eigenvalue weighted by Gasteiger charge is 2.17. The van der Waals surface area contributed by atoms with Crippen LogP contribution in [0.15, 0.2) is 24.3 Å². The number of ether oxygens (including phenoxy) is 1. The van der Waals surface area contributed by atoms with E-state index < -0.39 is 0 Å². The van der Waals surface area contributed by atoms with E-state index in [1.54, 1.807) is 7.11 Å². The molecule has 0 aromatic heterocycles. The zero-order valence-electron chi connectivity index (χ0n) is 12.9. The van der Waals surface area contributed by atoms with Crippen LogP contribution < -0.4 is 10.1 Å². The molecule has 1 unspecified atom stereocenters. The molecule has 1 aromatic rings. The summed E-state index contributed by atoms with van der Waals surface area (Å²) in [5, 5.41) is 3.57. The normalized spacial score (nSPS) is 20.0. The van der Waals surface area contributed by atoms with Crippen LogP contribution in [-0.2, 0) is 6.42 Å². The number of methoxy groups -OCH3 is 1. The van der Waals surface area contributed by atoms with Gasteiger partial charge in [0.25, 0.3) is 0 Å². The fraction of sp³-hybridized carbons (Fsp3) is 0.647. The molecular weight excluding hydrogens is 248 g/mol. The first-order valence-electron chi connectivity index (χ1n) is 7.83. The first kappa shape index (κ1) is 15.3. The van der Waals surface area contributed by atoms with Crippen LogP contribution in [-0.4, -0.2) is 44.7 Å². The summed E-state index contributed by atoms with van der Waals surface area (Å²) < 4.78 is 5.25. The van der Waals surface area contributed by atoms with Gasteiger partial charge in [-0.15, -0.1) is 0 Å². The number of rotatable bonds is 7. The predicted octanol–water partition coefficient (Wildman–Crippen LogP) is 2.70. The second-order valence-corrected chi connectivity index (χ2v) is 5.77. The third kappa shape index (κ3) is 4.80. The van der Waals surface area contributed by atoms with Gasteiger partial charge in [0, 0.05) is 6.04 Å². The molecule has 0 saturated carbocycles. The Morgan fingerprint density at radius 1 is 1.30 bits per heavy atom. The van der Waals surface area contributed by atoms with Gasteiger partial charge in [0.2, 0.25) is 0 Å². The van der Waals surface area contributed by atoms with Crippen molar-refractivity contribution in [1.82, 2.24) is 10.2 Å². The Kier molecular flexibility index (Phi) is 6.34. The van der Waals surface area contributed by atoms with Crippen molar-refractivity contribution in [3.8, 4) is 5.75 Å². The summed E-state index contributed by atoms with van der Waals surface area (Å²) in [6.07, 6.45) is 6.48. The summed E-state index contributed by atoms with van der Waals surface area (Å²) in [7, 11) is 3.98. The van der Waals surface area contributed by atoms with Crippen molar-refractivity contribution in [3.05, 3.63) is 29.8 Å². The molecule has 2 rings (SSSR count). The van der Waals surface area contributed by atoms with E-state index in [-0.39, 0.29) is 0 Å². The Morgan fingerprint density at radius 2 is 2.20 bits per heavy atom. The maximum Gasteiger partial charge on any atom is 0.119 e. The molecule has 1 aromatic carbocycles. The van der Waals surface area contributed by atoms with E-state index in [9.17, 15) is 0 Å². The van der Waals surface area contributed by atoms with Crippen molar-refractivity contribution in [3.63, 3.8) is 0 Å². The van der Waals surface area contributed by atoms with Crippen LogP contribution in [0.5, 0.6) is 5.75 Å². The zero-order chi connectivity index (χ0) is 14.2. The first-order chi connectivity index (χ1) is 9.79. The minimum absolute atomic E-state index is 0.785. The number of hydrogen-bond donors (Lipinski definition) is 1. The average Bonchev–Trinajstić information content (AvgIpc) is 2.49. The maximum atomic E-state index is 5.25. The lowest BCUT2D eigenvalue weighted by molar-refractivity contribution is 0.175. The Labute approximate surface area is 123 Å². The molecule has 20 heavy (non-hydrogen) atoms. The van der Waals surface area contributed by atoms with E-state index in [0.717, 1.165) is 31.3 Å². The molecule has 0 aliphatic carbocycles. The van der Waals surface area contributed by atoms with E-state index in [1.165, 1.54) is 37.8 Å². The molecule has 3 heteroatoms. The second-order valence-electron chi connectivity index (χ2n) is 5.77. The van der Waals surface area contributed by atoms with E-state index >= 15 is 0 Å². The Balaban J connectivity index is 1.61. The molecule has 0 radical (unpaired) electrons. The third-order valence-corrected chi connectivity index (χ3v) is 4.30. The van der Waals surface area contributed by atoms with Gasteiger partial charge in [0.15, 0.2) is 0 Å². The summed E-state index contributed by atoms with van der Waals surface area (Å²) in [5.74, 6) is 0.950. The molecule has 1 heterocycles. The van der Waals surface area contributed by atoms with Crippen molar-refractivity contribution in [2.75, 3.05) is 33.8 Å². The molecule has 1 saturated heterocycles. The summed E-state index contributed by atoms with van der Waals surface area (Å²) in [5.41, 5.74) is 1.34. The molecule has 0 bridgehead atoms. The molecule has 3 nitrogen and oxygen atoms in total. The smallest absolute Gasteiger partial charge is 0.119 e. The highest BCUT2D eigenvalue weighted by Crippen LogP contribution is 2.17. The van der Waals surface area contributed by atoms with Gasteiger partial charge in [-0.05, 0) is 70.1 Å². The molecule has 1 fully saturated rings. The van der Waals surface area contributed by atoms with Crippen molar-refractivity contribution >= 4 is 0 Å². The molecule has 112 valence electrons. The molecule has 0 spiro atoms. The molecule has 1 aliphatic heterocycles. The van der Waals surface area contributed by atoms with Gasteiger partial charge in [0.05, 0.1) is 7.11 Å². The standard InChI is InChI=1S/C17H28N2O/c1-19-13-4-3-7-16(19)10-12-18-11-9-15-6-5-8-17(14-15)20-2/h5-6,8,14,16,18H,3-4,7,9-13H2,1-2H3. The van der Waals surface area contributed by atoms with E-state index in [1.807, 2.05) is 6.07 Å². The van der Waals surface area contributed by atoms with Crippen LogP contribution in [0.2, 0.25) is 0 Å². The van der Waals surface area contributed by atoms with Gasteiger partial charge in [-0.2, -0.15) is 0 Å². The quantitative estimate of drug-likeness (QED) is 0.775. The Bertz CT molecular complexity index is 394. The van der Waals surface area contributed by atoms with Crippen LogP contribution in [0.3, 0.4) is 0 Å². The number of likely N-dealkylation sites (tertiary alicyclic amines) is 1. The van der Waals surface area contributed by atoms with Crippen LogP contribution in [0.4, 0.5) is 0 Å². The largest absolute Gasteiger partial charge is 0.497 e. The maximum absolute atomic E-state index is 5.25. The van der Waals surface area contributed by atoms with Gasteiger partial charge in [0.1, 0.15) is 5.75 Å². The van der Waals surface area contributed by atoms with Crippen molar-refractivity contribution in [1.29, 1.82) is 0 Å². The minimum Gasteiger partial charge on any atom is -0.497 e. The molecule has 1 N–H and O–H groups in total. The Morgan fingerprint density at radius 3 is 3.00 bits per heavy atom. The first-order valence-corrected chi connectivity index (χ1v) is 7.83. The second kappa shape index (κ2) is 8.28. The van der Waals surface area contributed by atoms with Crippen molar-refractivity contribution < 1.29 is 4.74 Å². The van der Waals surface area contributed by atoms with E-state index in [4.69, 9.17) is 4.74 Å². The minimum atomic E-state index is 0.785. The monoisotopic (exact) mass is 276 g/mol. The third-order valence-electron chi connectivity index (χ3n) is 4.30. The SMILES string of the molecule is COc1cccc(CCNCCC2CCCCN2C)c1. The summed E-state index contributed by atoms with van der Waals surface area (Å²) in [4.78, 5) is 2.52. The number of nitrogens with one attached hydrogen (secondary N) is 1. The van der Waals surface area contributed by atoms with Crippen molar-refractivity contribution in [2.24, 2.45) is 0 Å². The zero-order valence-corrected chi connectivity index (χ0v) is 12.9. The van der Waals surface area contributed by atoms with Gasteiger partial charge < -0.3 is 15.0 Å². The van der Waals surface area contributed by atoms with Crippen LogP contribution in [0.1, 0.15) is 31.2 Å². The van der Waals surface area contributed by atoms with E-state index in [2.05, 4.69) is 35.5 Å². The van der Waals surface area contributed by atoms with Crippen LogP contribution in [0.25, 0.3) is 0 Å². The van der Waals surface area contributed by atoms with Crippen LogP contribution >= 0.6 is 0 Å². The number of benzene rings is 1. The van der Waals surface area contributed by atoms with Crippen LogP contribution in [0, 0.1) is 0 Å². The number of nitrogens with zero attached hydrogens (tertiary/aromatic N) is 1. The lowest BCUT2D eigenvalue weighted by Crippen LogP contribution is -2.38. The lowest BCUT2D eigenvalue weighted by atomic mass is 10.0. The molecule has 0 amide bonds. The fourth-order valence-electron chi connectivity index (χ4n) is 2.96. The highest BCUT2D eigenvalue weighted by molar-refractivity contribution is 5.28. The summed E-state index contributed by atoms with van der Waals surface area (Å²) in [6.45, 7) is 3.44. The van der Waals surface area contributed by atoms with Gasteiger partial charge in [-0.25, -0.2) is 0 Å². The van der Waals surface area contributed by atoms with E-state index in [0.29, 0.717) is 0 Å². The molecule has 1 atom stereocenters. The fourth-order valence-corrected chi connectivity index (χ4v) is 2.96. The van der Waals surface area contributed by atoms with Crippen molar-refractivity contribution in [2.45, 2.75) is 38.1 Å². The number of piperidine rings is 1. The molecule has 1 aliphatic rings. The van der Waals surface area contributed by atoms with Gasteiger partial charge >= 0.3 is 0 Å². The average molecular weight is 276 g/mol. The Hall–Kier alpha value is -1.06. The summed E-state index contributed by atoms with van der Waals surface area (Å²) in [6, 6.07) is 9.13. The summed E-state index contributed by atoms with van der Waals surface area (Å²) >= 11 is 0. The highest BCUT2D eigenvalue weighted by atomic mass is 16.5. The predicted molar refractivity (Wildman–Crippen MR) is 84.5 cm³/mol.